The molecule has 7 nitrogen and oxygen atoms in total. The summed E-state index contributed by atoms with van der Waals surface area (Å²) in [4.78, 5) is 34.2. The Morgan fingerprint density at radius 1 is 1.27 bits per heavy atom. The van der Waals surface area contributed by atoms with Gasteiger partial charge in [-0.05, 0) is 29.5 Å². The zero-order valence-electron chi connectivity index (χ0n) is 19.1. The van der Waals surface area contributed by atoms with Crippen LogP contribution in [0.3, 0.4) is 0 Å². The lowest BCUT2D eigenvalue weighted by atomic mass is 9.82. The Kier molecular flexibility index (Phi) is 7.16. The summed E-state index contributed by atoms with van der Waals surface area (Å²) >= 11 is 0. The van der Waals surface area contributed by atoms with Gasteiger partial charge in [0.2, 0.25) is 5.95 Å². The van der Waals surface area contributed by atoms with Gasteiger partial charge in [0, 0.05) is 32.2 Å². The van der Waals surface area contributed by atoms with Crippen molar-refractivity contribution in [3.05, 3.63) is 57.5 Å². The first-order valence-electron chi connectivity index (χ1n) is 10.7. The molecule has 1 saturated heterocycles. The number of anilines is 1. The number of carbonyl (C=O) groups is 1. The second kappa shape index (κ2) is 9.54. The zero-order chi connectivity index (χ0) is 24.4. The van der Waals surface area contributed by atoms with Gasteiger partial charge in [0.05, 0.1) is 18.2 Å². The maximum absolute atomic E-state index is 13.0. The maximum atomic E-state index is 13.0. The van der Waals surface area contributed by atoms with Crippen molar-refractivity contribution in [2.45, 2.75) is 39.4 Å². The molecule has 0 unspecified atom stereocenters. The lowest BCUT2D eigenvalue weighted by Gasteiger charge is -2.32. The number of methoxy groups -OCH3 is 1. The van der Waals surface area contributed by atoms with E-state index in [1.54, 1.807) is 7.11 Å². The van der Waals surface area contributed by atoms with Crippen LogP contribution in [0.5, 0.6) is 0 Å². The van der Waals surface area contributed by atoms with Crippen LogP contribution in [0, 0.1) is 11.3 Å². The van der Waals surface area contributed by atoms with E-state index >= 15 is 0 Å². The predicted molar refractivity (Wildman–Crippen MR) is 118 cm³/mol. The number of aromatic amines is 1. The average molecular weight is 467 g/mol. The van der Waals surface area contributed by atoms with E-state index in [1.807, 2.05) is 25.7 Å². The van der Waals surface area contributed by atoms with E-state index in [-0.39, 0.29) is 5.69 Å². The molecule has 1 aromatic carbocycles. The normalized spacial score (nSPS) is 17.8. The van der Waals surface area contributed by atoms with Gasteiger partial charge in [0.25, 0.3) is 11.5 Å². The molecule has 1 aliphatic rings. The van der Waals surface area contributed by atoms with Crippen LogP contribution in [-0.2, 0) is 10.9 Å². The molecule has 0 spiro atoms. The summed E-state index contributed by atoms with van der Waals surface area (Å²) in [5.74, 6) is 0.0469. The topological polar surface area (TPSA) is 87.3 Å². The first kappa shape index (κ1) is 24.8. The molecule has 2 N–H and O–H groups in total. The van der Waals surface area contributed by atoms with Gasteiger partial charge in [-0.25, -0.2) is 4.98 Å². The number of ether oxygens (including phenoxy) is 1. The van der Waals surface area contributed by atoms with Gasteiger partial charge < -0.3 is 15.0 Å². The molecule has 1 amide bonds. The van der Waals surface area contributed by atoms with E-state index in [4.69, 9.17) is 4.74 Å². The second-order valence-electron chi connectivity index (χ2n) is 9.40. The maximum Gasteiger partial charge on any atom is 0.416 e. The Morgan fingerprint density at radius 3 is 2.52 bits per heavy atom. The summed E-state index contributed by atoms with van der Waals surface area (Å²) in [5.41, 5.74) is -1.26. The molecule has 0 bridgehead atoms. The number of aromatic nitrogens is 2. The standard InChI is InChI=1S/C23H29F3N4O3/c1-22(2,3)19(15-5-7-16(8-6-15)23(24,25)26)29-20(32)17-11-18(31)28-21(27-17)30-10-9-14(12-30)13-33-4/h5-8,11,14,19H,9-10,12-13H2,1-4H3,(H,29,32)(H,27,28,31)/t14-,19+/m1/s1. The first-order chi connectivity index (χ1) is 15.4. The van der Waals surface area contributed by atoms with Crippen molar-refractivity contribution >= 4 is 11.9 Å². The number of nitrogens with zero attached hydrogens (tertiary/aromatic N) is 2. The summed E-state index contributed by atoms with van der Waals surface area (Å²) < 4.78 is 44.0. The van der Waals surface area contributed by atoms with Gasteiger partial charge in [-0.1, -0.05) is 32.9 Å². The number of hydrogen-bond acceptors (Lipinski definition) is 5. The van der Waals surface area contributed by atoms with Crippen molar-refractivity contribution in [1.29, 1.82) is 0 Å². The highest BCUT2D eigenvalue weighted by molar-refractivity contribution is 5.92. The van der Waals surface area contributed by atoms with Crippen LogP contribution >= 0.6 is 0 Å². The Hall–Kier alpha value is -2.88. The lowest BCUT2D eigenvalue weighted by Crippen LogP contribution is -2.38. The minimum Gasteiger partial charge on any atom is -0.384 e. The molecule has 33 heavy (non-hydrogen) atoms. The fraction of sp³-hybridized carbons (Fsp3) is 0.522. The van der Waals surface area contributed by atoms with Crippen molar-refractivity contribution in [2.24, 2.45) is 11.3 Å². The van der Waals surface area contributed by atoms with Crippen LogP contribution in [-0.4, -0.2) is 42.7 Å². The zero-order valence-corrected chi connectivity index (χ0v) is 19.1. The molecule has 10 heteroatoms. The molecule has 1 fully saturated rings. The van der Waals surface area contributed by atoms with Gasteiger partial charge in [-0.3, -0.25) is 14.6 Å². The number of benzene rings is 1. The third-order valence-electron chi connectivity index (χ3n) is 5.66. The molecule has 1 aliphatic heterocycles. The van der Waals surface area contributed by atoms with Crippen molar-refractivity contribution in [1.82, 2.24) is 15.3 Å². The molecule has 0 aliphatic carbocycles. The molecule has 3 rings (SSSR count). The van der Waals surface area contributed by atoms with Gasteiger partial charge in [0.1, 0.15) is 5.69 Å². The number of amides is 1. The second-order valence-corrected chi connectivity index (χ2v) is 9.40. The molecule has 1 aromatic heterocycles. The molecule has 2 aromatic rings. The van der Waals surface area contributed by atoms with Crippen LogP contribution in [0.4, 0.5) is 19.1 Å². The SMILES string of the molecule is COC[C@@H]1CCN(c2nc(C(=O)N[C@@H](c3ccc(C(F)(F)F)cc3)C(C)(C)C)cc(=O)[nH]2)C1. The fourth-order valence-electron chi connectivity index (χ4n) is 3.98. The summed E-state index contributed by atoms with van der Waals surface area (Å²) in [6.07, 6.45) is -3.56. The molecular weight excluding hydrogens is 437 g/mol. The van der Waals surface area contributed by atoms with E-state index in [2.05, 4.69) is 15.3 Å². The highest BCUT2D eigenvalue weighted by Crippen LogP contribution is 2.35. The smallest absolute Gasteiger partial charge is 0.384 e. The number of halogens is 3. The third-order valence-corrected chi connectivity index (χ3v) is 5.66. The van der Waals surface area contributed by atoms with E-state index in [0.717, 1.165) is 24.6 Å². The van der Waals surface area contributed by atoms with Crippen LogP contribution in [0.1, 0.15) is 54.8 Å². The van der Waals surface area contributed by atoms with Crippen LogP contribution in [0.15, 0.2) is 35.1 Å². The molecule has 0 saturated carbocycles. The number of alkyl halides is 3. The quantitative estimate of drug-likeness (QED) is 0.677. The Bertz CT molecular complexity index is 1030. The summed E-state index contributed by atoms with van der Waals surface area (Å²) in [6.45, 7) is 7.53. The van der Waals surface area contributed by atoms with E-state index in [0.29, 0.717) is 37.1 Å². The van der Waals surface area contributed by atoms with Crippen LogP contribution < -0.4 is 15.8 Å². The highest BCUT2D eigenvalue weighted by atomic mass is 19.4. The number of hydrogen-bond donors (Lipinski definition) is 2. The third kappa shape index (κ3) is 6.13. The van der Waals surface area contributed by atoms with E-state index in [1.165, 1.54) is 12.1 Å². The van der Waals surface area contributed by atoms with Crippen LogP contribution in [0.2, 0.25) is 0 Å². The Morgan fingerprint density at radius 2 is 1.94 bits per heavy atom. The first-order valence-corrected chi connectivity index (χ1v) is 10.7. The predicted octanol–water partition coefficient (Wildman–Crippen LogP) is 3.78. The number of carbonyl (C=O) groups excluding carboxylic acids is 1. The van der Waals surface area contributed by atoms with Crippen molar-refractivity contribution < 1.29 is 22.7 Å². The fourth-order valence-corrected chi connectivity index (χ4v) is 3.98. The Labute approximate surface area is 190 Å². The summed E-state index contributed by atoms with van der Waals surface area (Å²) in [7, 11) is 1.63. The van der Waals surface area contributed by atoms with Gasteiger partial charge in [0.15, 0.2) is 0 Å². The number of rotatable bonds is 6. The molecule has 180 valence electrons. The monoisotopic (exact) mass is 466 g/mol. The van der Waals surface area contributed by atoms with E-state index < -0.39 is 34.7 Å². The van der Waals surface area contributed by atoms with Gasteiger partial charge in [-0.2, -0.15) is 13.2 Å². The molecular formula is C23H29F3N4O3. The molecule has 2 atom stereocenters. The minimum absolute atomic E-state index is 0.0508. The largest absolute Gasteiger partial charge is 0.416 e. The highest BCUT2D eigenvalue weighted by Gasteiger charge is 2.33. The number of nitrogens with one attached hydrogen (secondary N) is 2. The van der Waals surface area contributed by atoms with Gasteiger partial charge in [-0.15, -0.1) is 0 Å². The summed E-state index contributed by atoms with van der Waals surface area (Å²) in [5, 5.41) is 2.85. The molecule has 0 radical (unpaired) electrons. The lowest BCUT2D eigenvalue weighted by molar-refractivity contribution is -0.137. The number of H-pyrrole nitrogens is 1. The van der Waals surface area contributed by atoms with Gasteiger partial charge >= 0.3 is 6.18 Å². The van der Waals surface area contributed by atoms with Crippen molar-refractivity contribution in [2.75, 3.05) is 31.7 Å². The molecule has 2 heterocycles. The van der Waals surface area contributed by atoms with E-state index in [9.17, 15) is 22.8 Å². The Balaban J connectivity index is 1.83. The van der Waals surface area contributed by atoms with Crippen molar-refractivity contribution in [3.63, 3.8) is 0 Å². The minimum atomic E-state index is -4.44. The van der Waals surface area contributed by atoms with Crippen molar-refractivity contribution in [3.8, 4) is 0 Å². The average Bonchev–Trinajstić information content (AvgIpc) is 3.19. The van der Waals surface area contributed by atoms with Crippen LogP contribution in [0.25, 0.3) is 0 Å². The summed E-state index contributed by atoms with van der Waals surface area (Å²) in [6, 6.07) is 5.22.